The van der Waals surface area contributed by atoms with Gasteiger partial charge in [-0.3, -0.25) is 4.79 Å². The fraction of sp³-hybridized carbons (Fsp3) is 0.417. The molecule has 6 heteroatoms. The molecule has 1 aliphatic carbocycles. The van der Waals surface area contributed by atoms with E-state index in [4.69, 9.17) is 17.0 Å². The lowest BCUT2D eigenvalue weighted by Gasteiger charge is -2.35. The van der Waals surface area contributed by atoms with Crippen molar-refractivity contribution in [3.05, 3.63) is 47.5 Å². The minimum atomic E-state index is -0.238. The van der Waals surface area contributed by atoms with Gasteiger partial charge in [-0.1, -0.05) is 62.3 Å². The molecule has 2 aromatic rings. The van der Waals surface area contributed by atoms with Gasteiger partial charge in [-0.15, -0.1) is 0 Å². The van der Waals surface area contributed by atoms with Crippen molar-refractivity contribution in [2.75, 3.05) is 7.11 Å². The second kappa shape index (κ2) is 8.60. The summed E-state index contributed by atoms with van der Waals surface area (Å²) in [7, 11) is 1.65. The minimum Gasteiger partial charge on any atom is -0.508 e. The van der Waals surface area contributed by atoms with Gasteiger partial charge in [-0.2, -0.15) is 0 Å². The highest BCUT2D eigenvalue weighted by molar-refractivity contribution is 8.24. The molecule has 30 heavy (non-hydrogen) atoms. The maximum atomic E-state index is 12.1. The zero-order valence-electron chi connectivity index (χ0n) is 17.4. The van der Waals surface area contributed by atoms with Crippen molar-refractivity contribution >= 4 is 34.2 Å². The highest BCUT2D eigenvalue weighted by Crippen LogP contribution is 2.44. The van der Waals surface area contributed by atoms with E-state index in [0.717, 1.165) is 40.8 Å². The van der Waals surface area contributed by atoms with Crippen molar-refractivity contribution in [3.8, 4) is 22.6 Å². The number of benzene rings is 2. The van der Waals surface area contributed by atoms with Crippen LogP contribution < -0.4 is 10.1 Å². The molecule has 2 N–H and O–H groups in total. The van der Waals surface area contributed by atoms with Gasteiger partial charge in [0.2, 0.25) is 5.91 Å². The van der Waals surface area contributed by atoms with Crippen LogP contribution in [0.25, 0.3) is 11.1 Å². The molecule has 2 aliphatic rings. The monoisotopic (exact) mass is 441 g/mol. The van der Waals surface area contributed by atoms with Crippen LogP contribution in [0.2, 0.25) is 0 Å². The van der Waals surface area contributed by atoms with E-state index in [1.165, 1.54) is 31.0 Å². The number of carbonyl (C=O) groups is 1. The molecule has 2 fully saturated rings. The van der Waals surface area contributed by atoms with Gasteiger partial charge < -0.3 is 15.2 Å². The number of nitrogens with one attached hydrogen (secondary N) is 1. The fourth-order valence-corrected chi connectivity index (χ4v) is 5.94. The van der Waals surface area contributed by atoms with E-state index in [0.29, 0.717) is 16.5 Å². The van der Waals surface area contributed by atoms with Crippen molar-refractivity contribution < 1.29 is 14.6 Å². The molecular formula is C24H27NO3S2. The number of methoxy groups -OCH3 is 1. The molecule has 0 aromatic heterocycles. The second-order valence-corrected chi connectivity index (χ2v) is 10.3. The predicted octanol–water partition coefficient (Wildman–Crippen LogP) is 5.35. The number of thioether (sulfide) groups is 1. The van der Waals surface area contributed by atoms with E-state index in [-0.39, 0.29) is 16.6 Å². The lowest BCUT2D eigenvalue weighted by atomic mass is 9.70. The maximum absolute atomic E-state index is 12.1. The molecule has 1 amide bonds. The van der Waals surface area contributed by atoms with Gasteiger partial charge in [0.1, 0.15) is 15.8 Å². The number of thiocarbonyl (C=S) groups is 1. The van der Waals surface area contributed by atoms with Gasteiger partial charge in [-0.05, 0) is 65.6 Å². The Hall–Kier alpha value is -2.05. The summed E-state index contributed by atoms with van der Waals surface area (Å²) in [6.45, 7) is 2.27. The molecular weight excluding hydrogens is 414 g/mol. The minimum absolute atomic E-state index is 0.0158. The number of amides is 1. The first-order valence-electron chi connectivity index (χ1n) is 10.4. The lowest BCUT2D eigenvalue weighted by molar-refractivity contribution is -0.118. The normalized spacial score (nSPS) is 20.8. The molecule has 1 heterocycles. The van der Waals surface area contributed by atoms with E-state index in [1.807, 2.05) is 24.3 Å². The van der Waals surface area contributed by atoms with Gasteiger partial charge in [-0.25, -0.2) is 0 Å². The molecule has 1 aliphatic heterocycles. The van der Waals surface area contributed by atoms with E-state index in [1.54, 1.807) is 7.11 Å². The summed E-state index contributed by atoms with van der Waals surface area (Å²) >= 11 is 6.52. The highest BCUT2D eigenvalue weighted by Gasteiger charge is 2.32. The summed E-state index contributed by atoms with van der Waals surface area (Å²) in [6.07, 6.45) is 6.44. The highest BCUT2D eigenvalue weighted by atomic mass is 32.2. The summed E-state index contributed by atoms with van der Waals surface area (Å²) in [4.78, 5) is 12.1. The van der Waals surface area contributed by atoms with Crippen LogP contribution in [0.3, 0.4) is 0 Å². The standard InChI is InChI=1S/C24H27NO3S2/c1-24(10-4-3-5-11-24)18-13-16(6-8-19(18)26)15-7-9-20(28-2)17(12-15)14-21-22(27)25-23(29)30-21/h6-9,12-13,21,26H,3-5,10-11,14H2,1-2H3,(H,25,27,29). The van der Waals surface area contributed by atoms with E-state index in [9.17, 15) is 9.90 Å². The average molecular weight is 442 g/mol. The molecule has 4 nitrogen and oxygen atoms in total. The molecule has 1 atom stereocenters. The molecule has 4 rings (SSSR count). The molecule has 0 spiro atoms. The number of rotatable bonds is 5. The fourth-order valence-electron chi connectivity index (χ4n) is 4.65. The van der Waals surface area contributed by atoms with Crippen LogP contribution in [0.4, 0.5) is 0 Å². The number of hydrogen-bond acceptors (Lipinski definition) is 5. The Morgan fingerprint density at radius 2 is 1.87 bits per heavy atom. The smallest absolute Gasteiger partial charge is 0.239 e. The molecule has 0 radical (unpaired) electrons. The SMILES string of the molecule is COc1ccc(-c2ccc(O)c(C3(C)CCCCC3)c2)cc1CC1SC(=S)NC1=O. The van der Waals surface area contributed by atoms with Gasteiger partial charge in [0.25, 0.3) is 0 Å². The van der Waals surface area contributed by atoms with Crippen LogP contribution in [0.5, 0.6) is 11.5 Å². The summed E-state index contributed by atoms with van der Waals surface area (Å²) in [5.41, 5.74) is 4.15. The Balaban J connectivity index is 1.68. The summed E-state index contributed by atoms with van der Waals surface area (Å²) in [5, 5.41) is 13.1. The van der Waals surface area contributed by atoms with Gasteiger partial charge in [0, 0.05) is 5.56 Å². The Morgan fingerprint density at radius 3 is 2.53 bits per heavy atom. The zero-order valence-corrected chi connectivity index (χ0v) is 19.0. The first kappa shape index (κ1) is 21.2. The second-order valence-electron chi connectivity index (χ2n) is 8.47. The van der Waals surface area contributed by atoms with Gasteiger partial charge in [0.15, 0.2) is 0 Å². The Morgan fingerprint density at radius 1 is 1.17 bits per heavy atom. The topological polar surface area (TPSA) is 58.6 Å². The number of ether oxygens (including phenoxy) is 1. The number of hydrogen-bond donors (Lipinski definition) is 2. The molecule has 0 bridgehead atoms. The lowest BCUT2D eigenvalue weighted by Crippen LogP contribution is -2.25. The summed E-state index contributed by atoms with van der Waals surface area (Å²) in [5.74, 6) is 1.10. The van der Waals surface area contributed by atoms with Crippen molar-refractivity contribution in [1.29, 1.82) is 0 Å². The van der Waals surface area contributed by atoms with E-state index in [2.05, 4.69) is 24.4 Å². The van der Waals surface area contributed by atoms with Crippen LogP contribution >= 0.6 is 24.0 Å². The van der Waals surface area contributed by atoms with Crippen molar-refractivity contribution in [2.45, 2.75) is 56.1 Å². The van der Waals surface area contributed by atoms with Crippen molar-refractivity contribution in [1.82, 2.24) is 5.32 Å². The number of phenols is 1. The Kier molecular flexibility index (Phi) is 6.07. The van der Waals surface area contributed by atoms with Crippen molar-refractivity contribution in [2.24, 2.45) is 0 Å². The van der Waals surface area contributed by atoms with Crippen LogP contribution in [-0.4, -0.2) is 27.7 Å². The average Bonchev–Trinajstić information content (AvgIpc) is 3.05. The number of phenolic OH excluding ortho intramolecular Hbond substituents is 1. The van der Waals surface area contributed by atoms with Crippen molar-refractivity contribution in [3.63, 3.8) is 0 Å². The molecule has 1 unspecified atom stereocenters. The third kappa shape index (κ3) is 4.21. The molecule has 1 saturated heterocycles. The summed E-state index contributed by atoms with van der Waals surface area (Å²) in [6, 6.07) is 12.0. The van der Waals surface area contributed by atoms with E-state index >= 15 is 0 Å². The zero-order chi connectivity index (χ0) is 21.3. The van der Waals surface area contributed by atoms with Gasteiger partial charge in [0.05, 0.1) is 12.4 Å². The van der Waals surface area contributed by atoms with Crippen LogP contribution in [0.15, 0.2) is 36.4 Å². The third-order valence-electron chi connectivity index (χ3n) is 6.39. The quantitative estimate of drug-likeness (QED) is 0.613. The Bertz CT molecular complexity index is 982. The molecule has 158 valence electrons. The largest absolute Gasteiger partial charge is 0.508 e. The van der Waals surface area contributed by atoms with Crippen LogP contribution in [0.1, 0.15) is 50.2 Å². The van der Waals surface area contributed by atoms with E-state index < -0.39 is 0 Å². The van der Waals surface area contributed by atoms with Crippen LogP contribution in [-0.2, 0) is 16.6 Å². The van der Waals surface area contributed by atoms with Gasteiger partial charge >= 0.3 is 0 Å². The number of aromatic hydroxyl groups is 1. The maximum Gasteiger partial charge on any atom is 0.239 e. The molecule has 1 saturated carbocycles. The first-order chi connectivity index (χ1) is 14.4. The predicted molar refractivity (Wildman–Crippen MR) is 126 cm³/mol. The number of carbonyl (C=O) groups excluding carboxylic acids is 1. The summed E-state index contributed by atoms with van der Waals surface area (Å²) < 4.78 is 6.08. The Labute approximate surface area is 187 Å². The van der Waals surface area contributed by atoms with Crippen LogP contribution in [0, 0.1) is 0 Å². The third-order valence-corrected chi connectivity index (χ3v) is 7.76. The molecule has 2 aromatic carbocycles. The first-order valence-corrected chi connectivity index (χ1v) is 11.7.